The summed E-state index contributed by atoms with van der Waals surface area (Å²) in [5.41, 5.74) is 1.36. The molecule has 0 aliphatic carbocycles. The molecule has 2 unspecified atom stereocenters. The predicted molar refractivity (Wildman–Crippen MR) is 80.6 cm³/mol. The highest BCUT2D eigenvalue weighted by atomic mass is 16.2. The van der Waals surface area contributed by atoms with Gasteiger partial charge in [-0.25, -0.2) is 0 Å². The molecular formula is C17H24N2O. The van der Waals surface area contributed by atoms with Gasteiger partial charge in [0.2, 0.25) is 5.91 Å². The van der Waals surface area contributed by atoms with Crippen LogP contribution < -0.4 is 5.32 Å². The van der Waals surface area contributed by atoms with Crippen molar-refractivity contribution < 1.29 is 4.79 Å². The first-order valence-electron chi connectivity index (χ1n) is 7.83. The second-order valence-corrected chi connectivity index (χ2v) is 6.08. The van der Waals surface area contributed by atoms with Crippen LogP contribution in [0.15, 0.2) is 30.3 Å². The van der Waals surface area contributed by atoms with E-state index in [0.717, 1.165) is 19.5 Å². The number of hydrogen-bond acceptors (Lipinski definition) is 2. The third-order valence-electron chi connectivity index (χ3n) is 4.83. The van der Waals surface area contributed by atoms with E-state index in [1.54, 1.807) is 6.92 Å². The quantitative estimate of drug-likeness (QED) is 0.852. The summed E-state index contributed by atoms with van der Waals surface area (Å²) in [6.07, 6.45) is 4.86. The number of benzene rings is 1. The van der Waals surface area contributed by atoms with E-state index in [9.17, 15) is 4.79 Å². The van der Waals surface area contributed by atoms with Crippen LogP contribution in [0.2, 0.25) is 0 Å². The molecule has 2 aliphatic rings. The van der Waals surface area contributed by atoms with Crippen molar-refractivity contribution in [3.05, 3.63) is 35.9 Å². The number of nitrogens with zero attached hydrogens (tertiary/aromatic N) is 1. The molecule has 3 heteroatoms. The molecule has 2 aliphatic heterocycles. The second-order valence-electron chi connectivity index (χ2n) is 6.08. The molecular weight excluding hydrogens is 248 g/mol. The predicted octanol–water partition coefficient (Wildman–Crippen LogP) is 2.53. The van der Waals surface area contributed by atoms with Crippen molar-refractivity contribution in [3.63, 3.8) is 0 Å². The fourth-order valence-corrected chi connectivity index (χ4v) is 3.86. The average Bonchev–Trinajstić information content (AvgIpc) is 2.82. The van der Waals surface area contributed by atoms with Gasteiger partial charge in [-0.1, -0.05) is 43.2 Å². The fourth-order valence-electron chi connectivity index (χ4n) is 3.86. The van der Waals surface area contributed by atoms with Gasteiger partial charge >= 0.3 is 0 Å². The van der Waals surface area contributed by atoms with Gasteiger partial charge in [0, 0.05) is 32.0 Å². The molecule has 1 aromatic carbocycles. The van der Waals surface area contributed by atoms with E-state index in [1.165, 1.54) is 24.8 Å². The Balaban J connectivity index is 1.90. The summed E-state index contributed by atoms with van der Waals surface area (Å²) >= 11 is 0. The van der Waals surface area contributed by atoms with Crippen molar-refractivity contribution in [3.8, 4) is 0 Å². The highest BCUT2D eigenvalue weighted by Gasteiger charge is 2.41. The van der Waals surface area contributed by atoms with Crippen LogP contribution >= 0.6 is 0 Å². The molecule has 3 atom stereocenters. The van der Waals surface area contributed by atoms with Crippen molar-refractivity contribution in [2.75, 3.05) is 13.1 Å². The van der Waals surface area contributed by atoms with Crippen LogP contribution in [0, 0.1) is 0 Å². The molecule has 1 amide bonds. The Morgan fingerprint density at radius 2 is 2.00 bits per heavy atom. The van der Waals surface area contributed by atoms with E-state index < -0.39 is 0 Å². The van der Waals surface area contributed by atoms with Crippen LogP contribution in [0.1, 0.15) is 44.1 Å². The first-order valence-corrected chi connectivity index (χ1v) is 7.83. The van der Waals surface area contributed by atoms with Gasteiger partial charge in [-0.15, -0.1) is 0 Å². The van der Waals surface area contributed by atoms with Gasteiger partial charge in [0.05, 0.1) is 6.04 Å². The number of amides is 1. The minimum Gasteiger partial charge on any atom is -0.338 e. The van der Waals surface area contributed by atoms with Crippen LogP contribution in [0.25, 0.3) is 0 Å². The lowest BCUT2D eigenvalue weighted by atomic mass is 9.87. The summed E-state index contributed by atoms with van der Waals surface area (Å²) in [6, 6.07) is 11.5. The highest BCUT2D eigenvalue weighted by Crippen LogP contribution is 2.33. The van der Waals surface area contributed by atoms with Gasteiger partial charge in [-0.3, -0.25) is 4.79 Å². The molecule has 1 aromatic rings. The molecule has 3 rings (SSSR count). The topological polar surface area (TPSA) is 32.3 Å². The molecule has 0 saturated carbocycles. The number of carbonyl (C=O) groups excluding carboxylic acids is 1. The van der Waals surface area contributed by atoms with E-state index in [-0.39, 0.29) is 5.91 Å². The Morgan fingerprint density at radius 1 is 1.20 bits per heavy atom. The van der Waals surface area contributed by atoms with Gasteiger partial charge in [0.25, 0.3) is 0 Å². The number of likely N-dealkylation sites (tertiary alicyclic amines) is 1. The molecule has 20 heavy (non-hydrogen) atoms. The zero-order valence-electron chi connectivity index (χ0n) is 12.2. The Morgan fingerprint density at radius 3 is 2.75 bits per heavy atom. The third-order valence-corrected chi connectivity index (χ3v) is 4.83. The zero-order valence-corrected chi connectivity index (χ0v) is 12.2. The third kappa shape index (κ3) is 2.59. The maximum atomic E-state index is 12.1. The van der Waals surface area contributed by atoms with Crippen LogP contribution in [0.3, 0.4) is 0 Å². The number of carbonyl (C=O) groups is 1. The Labute approximate surface area is 121 Å². The summed E-state index contributed by atoms with van der Waals surface area (Å²) in [5, 5.41) is 3.67. The average molecular weight is 272 g/mol. The largest absolute Gasteiger partial charge is 0.338 e. The van der Waals surface area contributed by atoms with E-state index in [4.69, 9.17) is 0 Å². The molecule has 2 heterocycles. The minimum atomic E-state index is 0.228. The van der Waals surface area contributed by atoms with Gasteiger partial charge in [-0.2, -0.15) is 0 Å². The lowest BCUT2D eigenvalue weighted by Crippen LogP contribution is -2.49. The number of fused-ring (bicyclic) bond motifs is 1. The van der Waals surface area contributed by atoms with Crippen molar-refractivity contribution in [2.24, 2.45) is 0 Å². The molecule has 0 radical (unpaired) electrons. The van der Waals surface area contributed by atoms with Crippen LogP contribution in [0.4, 0.5) is 0 Å². The Hall–Kier alpha value is -1.35. The summed E-state index contributed by atoms with van der Waals surface area (Å²) in [7, 11) is 0. The SMILES string of the molecule is CC(=O)N1CCCCCC2NC[C@@H](c3ccccc3)C21. The summed E-state index contributed by atoms with van der Waals surface area (Å²) < 4.78 is 0. The van der Waals surface area contributed by atoms with Crippen molar-refractivity contribution in [1.82, 2.24) is 10.2 Å². The molecule has 0 spiro atoms. The molecule has 3 nitrogen and oxygen atoms in total. The monoisotopic (exact) mass is 272 g/mol. The van der Waals surface area contributed by atoms with E-state index in [1.807, 2.05) is 0 Å². The summed E-state index contributed by atoms with van der Waals surface area (Å²) in [6.45, 7) is 3.63. The lowest BCUT2D eigenvalue weighted by Gasteiger charge is -2.37. The normalized spacial score (nSPS) is 30.4. The van der Waals surface area contributed by atoms with Gasteiger partial charge in [-0.05, 0) is 18.4 Å². The van der Waals surface area contributed by atoms with Crippen LogP contribution in [-0.4, -0.2) is 36.0 Å². The molecule has 108 valence electrons. The second kappa shape index (κ2) is 5.96. The van der Waals surface area contributed by atoms with Crippen LogP contribution in [0.5, 0.6) is 0 Å². The number of rotatable bonds is 1. The fraction of sp³-hybridized carbons (Fsp3) is 0.588. The van der Waals surface area contributed by atoms with Crippen LogP contribution in [-0.2, 0) is 4.79 Å². The molecule has 0 aromatic heterocycles. The van der Waals surface area contributed by atoms with Crippen molar-refractivity contribution in [2.45, 2.75) is 50.6 Å². The van der Waals surface area contributed by atoms with E-state index in [2.05, 4.69) is 40.5 Å². The molecule has 1 N–H and O–H groups in total. The van der Waals surface area contributed by atoms with Crippen molar-refractivity contribution >= 4 is 5.91 Å². The maximum Gasteiger partial charge on any atom is 0.219 e. The van der Waals surface area contributed by atoms with Gasteiger partial charge < -0.3 is 10.2 Å². The summed E-state index contributed by atoms with van der Waals surface area (Å²) in [5.74, 6) is 0.662. The van der Waals surface area contributed by atoms with Gasteiger partial charge in [0.15, 0.2) is 0 Å². The standard InChI is InChI=1S/C17H24N2O/c1-13(20)19-11-7-3-6-10-16-17(19)15(12-18-16)14-8-4-2-5-9-14/h2,4-5,8-9,15-18H,3,6-7,10-12H2,1H3/t15-,16?,17?/m0/s1. The first-order chi connectivity index (χ1) is 9.77. The Bertz CT molecular complexity index is 459. The molecule has 2 fully saturated rings. The Kier molecular flexibility index (Phi) is 4.06. The van der Waals surface area contributed by atoms with Gasteiger partial charge in [0.1, 0.15) is 0 Å². The lowest BCUT2D eigenvalue weighted by molar-refractivity contribution is -0.132. The maximum absolute atomic E-state index is 12.1. The van der Waals surface area contributed by atoms with E-state index in [0.29, 0.717) is 18.0 Å². The first kappa shape index (κ1) is 13.6. The minimum absolute atomic E-state index is 0.228. The van der Waals surface area contributed by atoms with Crippen molar-refractivity contribution in [1.29, 1.82) is 0 Å². The summed E-state index contributed by atoms with van der Waals surface area (Å²) in [4.78, 5) is 14.2. The highest BCUT2D eigenvalue weighted by molar-refractivity contribution is 5.74. The molecule has 0 bridgehead atoms. The number of nitrogens with one attached hydrogen (secondary N) is 1. The van der Waals surface area contributed by atoms with E-state index >= 15 is 0 Å². The smallest absolute Gasteiger partial charge is 0.219 e. The zero-order chi connectivity index (χ0) is 13.9. The number of hydrogen-bond donors (Lipinski definition) is 1. The molecule has 2 saturated heterocycles.